The van der Waals surface area contributed by atoms with Gasteiger partial charge in [-0.3, -0.25) is 0 Å². The summed E-state index contributed by atoms with van der Waals surface area (Å²) in [6.45, 7) is 0.791. The lowest BCUT2D eigenvalue weighted by Gasteiger charge is -2.29. The zero-order chi connectivity index (χ0) is 11.1. The Balaban J connectivity index is 2.55. The van der Waals surface area contributed by atoms with E-state index >= 15 is 0 Å². The van der Waals surface area contributed by atoms with Gasteiger partial charge in [0.05, 0.1) is 18.1 Å². The maximum absolute atomic E-state index is 9.12. The van der Waals surface area contributed by atoms with Crippen LogP contribution in [-0.2, 0) is 0 Å². The molecule has 0 amide bonds. The molecule has 0 heterocycles. The molecule has 0 bridgehead atoms. The van der Waals surface area contributed by atoms with Crippen LogP contribution in [0.2, 0.25) is 0 Å². The maximum Gasteiger partial charge on any atom is 0.0672 e. The molecule has 0 spiro atoms. The van der Waals surface area contributed by atoms with Crippen LogP contribution in [-0.4, -0.2) is 24.5 Å². The maximum atomic E-state index is 9.12. The number of nitriles is 2. The topological polar surface area (TPSA) is 50.8 Å². The predicted octanol–water partition coefficient (Wildman–Crippen LogP) is 2.30. The first kappa shape index (κ1) is 12.0. The van der Waals surface area contributed by atoms with Crippen LogP contribution in [0.25, 0.3) is 0 Å². The Morgan fingerprint density at radius 2 is 1.93 bits per heavy atom. The smallest absolute Gasteiger partial charge is 0.0672 e. The molecule has 0 aromatic heterocycles. The molecule has 0 aromatic carbocycles. The van der Waals surface area contributed by atoms with Gasteiger partial charge in [0.2, 0.25) is 0 Å². The van der Waals surface area contributed by atoms with Crippen molar-refractivity contribution in [2.45, 2.75) is 44.6 Å². The first-order valence-electron chi connectivity index (χ1n) is 5.76. The molecule has 1 saturated carbocycles. The molecule has 1 rings (SSSR count). The molecule has 0 saturated heterocycles. The Morgan fingerprint density at radius 3 is 2.60 bits per heavy atom. The van der Waals surface area contributed by atoms with Crippen molar-refractivity contribution in [2.24, 2.45) is 5.92 Å². The van der Waals surface area contributed by atoms with Crippen LogP contribution < -0.4 is 0 Å². The van der Waals surface area contributed by atoms with E-state index in [1.165, 1.54) is 19.3 Å². The monoisotopic (exact) mass is 205 g/mol. The second kappa shape index (κ2) is 6.43. The second-order valence-corrected chi connectivity index (χ2v) is 4.33. The van der Waals surface area contributed by atoms with Gasteiger partial charge in [-0.2, -0.15) is 10.5 Å². The number of rotatable bonds is 3. The highest BCUT2D eigenvalue weighted by molar-refractivity contribution is 4.94. The van der Waals surface area contributed by atoms with Crippen molar-refractivity contribution >= 4 is 0 Å². The van der Waals surface area contributed by atoms with Crippen LogP contribution in [0.1, 0.15) is 38.5 Å². The van der Waals surface area contributed by atoms with Crippen molar-refractivity contribution < 1.29 is 0 Å². The van der Waals surface area contributed by atoms with Crippen molar-refractivity contribution in [3.8, 4) is 12.1 Å². The summed E-state index contributed by atoms with van der Waals surface area (Å²) < 4.78 is 0. The van der Waals surface area contributed by atoms with Gasteiger partial charge in [0.1, 0.15) is 0 Å². The summed E-state index contributed by atoms with van der Waals surface area (Å²) in [6, 6.07) is 4.95. The molecule has 1 aliphatic carbocycles. The van der Waals surface area contributed by atoms with Gasteiger partial charge < -0.3 is 4.90 Å². The molecule has 0 aromatic rings. The molecule has 0 N–H and O–H groups in total. The summed E-state index contributed by atoms with van der Waals surface area (Å²) in [7, 11) is 2.04. The van der Waals surface area contributed by atoms with Crippen molar-refractivity contribution in [3.63, 3.8) is 0 Å². The molecule has 3 nitrogen and oxygen atoms in total. The van der Waals surface area contributed by atoms with E-state index in [0.717, 1.165) is 19.4 Å². The van der Waals surface area contributed by atoms with Crippen LogP contribution in [0.4, 0.5) is 0 Å². The minimum Gasteiger partial charge on any atom is -0.301 e. The highest BCUT2D eigenvalue weighted by Crippen LogP contribution is 2.26. The summed E-state index contributed by atoms with van der Waals surface area (Å²) in [6.07, 6.45) is 6.35. The van der Waals surface area contributed by atoms with Crippen molar-refractivity contribution in [2.75, 3.05) is 13.6 Å². The number of hydrogen-bond donors (Lipinski definition) is 0. The third kappa shape index (κ3) is 3.53. The lowest BCUT2D eigenvalue weighted by Crippen LogP contribution is -2.37. The molecule has 82 valence electrons. The van der Waals surface area contributed by atoms with E-state index in [9.17, 15) is 0 Å². The Kier molecular flexibility index (Phi) is 5.15. The van der Waals surface area contributed by atoms with Crippen LogP contribution in [0.15, 0.2) is 0 Å². The van der Waals surface area contributed by atoms with Gasteiger partial charge in [-0.05, 0) is 19.9 Å². The molecule has 3 heteroatoms. The number of hydrogen-bond acceptors (Lipinski definition) is 3. The van der Waals surface area contributed by atoms with Crippen LogP contribution >= 0.6 is 0 Å². The predicted molar refractivity (Wildman–Crippen MR) is 58.8 cm³/mol. The highest BCUT2D eigenvalue weighted by Gasteiger charge is 2.26. The summed E-state index contributed by atoms with van der Waals surface area (Å²) >= 11 is 0. The molecule has 2 atom stereocenters. The normalized spacial score (nSPS) is 26.7. The van der Waals surface area contributed by atoms with E-state index < -0.39 is 0 Å². The van der Waals surface area contributed by atoms with E-state index in [0.29, 0.717) is 12.5 Å². The Bertz CT molecular complexity index is 261. The van der Waals surface area contributed by atoms with Crippen molar-refractivity contribution in [1.29, 1.82) is 10.5 Å². The minimum atomic E-state index is 0.163. The molecule has 15 heavy (non-hydrogen) atoms. The SMILES string of the molecule is CN(CCC#N)C1CCCCCC1C#N. The van der Waals surface area contributed by atoms with E-state index in [1.807, 2.05) is 7.05 Å². The molecule has 0 aliphatic heterocycles. The van der Waals surface area contributed by atoms with Crippen LogP contribution in [0, 0.1) is 28.6 Å². The van der Waals surface area contributed by atoms with Crippen LogP contribution in [0.3, 0.4) is 0 Å². The van der Waals surface area contributed by atoms with E-state index in [1.54, 1.807) is 0 Å². The summed E-state index contributed by atoms with van der Waals surface area (Å²) in [5.41, 5.74) is 0. The molecule has 1 aliphatic rings. The highest BCUT2D eigenvalue weighted by atomic mass is 15.1. The van der Waals surface area contributed by atoms with Gasteiger partial charge >= 0.3 is 0 Å². The minimum absolute atomic E-state index is 0.163. The lowest BCUT2D eigenvalue weighted by molar-refractivity contribution is 0.194. The summed E-state index contributed by atoms with van der Waals surface area (Å²) in [5.74, 6) is 0.163. The quantitative estimate of drug-likeness (QED) is 0.664. The van der Waals surface area contributed by atoms with Gasteiger partial charge in [-0.15, -0.1) is 0 Å². The fourth-order valence-corrected chi connectivity index (χ4v) is 2.36. The second-order valence-electron chi connectivity index (χ2n) is 4.33. The fourth-order valence-electron chi connectivity index (χ4n) is 2.36. The van der Waals surface area contributed by atoms with Gasteiger partial charge in [-0.25, -0.2) is 0 Å². The fraction of sp³-hybridized carbons (Fsp3) is 0.833. The van der Waals surface area contributed by atoms with Gasteiger partial charge in [0, 0.05) is 19.0 Å². The third-order valence-corrected chi connectivity index (χ3v) is 3.29. The standard InChI is InChI=1S/C12H19N3/c1-15(9-5-8-13)12-7-4-2-3-6-11(12)10-14/h11-12H,2-7,9H2,1H3. The molecule has 0 radical (unpaired) electrons. The lowest BCUT2D eigenvalue weighted by atomic mass is 9.95. The van der Waals surface area contributed by atoms with E-state index in [2.05, 4.69) is 17.0 Å². The Morgan fingerprint density at radius 1 is 1.20 bits per heavy atom. The molecule has 1 fully saturated rings. The molecule has 2 unspecified atom stereocenters. The summed E-state index contributed by atoms with van der Waals surface area (Å²) in [5, 5.41) is 17.7. The zero-order valence-corrected chi connectivity index (χ0v) is 9.45. The van der Waals surface area contributed by atoms with Crippen molar-refractivity contribution in [3.05, 3.63) is 0 Å². The zero-order valence-electron chi connectivity index (χ0n) is 9.45. The van der Waals surface area contributed by atoms with Gasteiger partial charge in [0.15, 0.2) is 0 Å². The van der Waals surface area contributed by atoms with Gasteiger partial charge in [0.25, 0.3) is 0 Å². The average Bonchev–Trinajstić information content (AvgIpc) is 2.50. The van der Waals surface area contributed by atoms with Crippen molar-refractivity contribution in [1.82, 2.24) is 4.90 Å². The van der Waals surface area contributed by atoms with Gasteiger partial charge in [-0.1, -0.05) is 19.3 Å². The van der Waals surface area contributed by atoms with Crippen LogP contribution in [0.5, 0.6) is 0 Å². The summed E-state index contributed by atoms with van der Waals surface area (Å²) in [4.78, 5) is 2.20. The molecular formula is C12H19N3. The number of nitrogens with zero attached hydrogens (tertiary/aromatic N) is 3. The largest absolute Gasteiger partial charge is 0.301 e. The third-order valence-electron chi connectivity index (χ3n) is 3.29. The average molecular weight is 205 g/mol. The first-order valence-corrected chi connectivity index (χ1v) is 5.76. The van der Waals surface area contributed by atoms with E-state index in [-0.39, 0.29) is 5.92 Å². The first-order chi connectivity index (χ1) is 7.29. The Labute approximate surface area is 92.3 Å². The molecular weight excluding hydrogens is 186 g/mol. The Hall–Kier alpha value is -1.06. The van der Waals surface area contributed by atoms with E-state index in [4.69, 9.17) is 10.5 Å².